The zero-order chi connectivity index (χ0) is 13.7. The van der Waals surface area contributed by atoms with Crippen molar-refractivity contribution in [2.24, 2.45) is 0 Å². The molecule has 0 fully saturated rings. The third-order valence-corrected chi connectivity index (χ3v) is 3.65. The number of halogens is 2. The van der Waals surface area contributed by atoms with Gasteiger partial charge in [-0.2, -0.15) is 0 Å². The number of nitrogen functional groups attached to an aromatic ring is 1. The highest BCUT2D eigenvalue weighted by molar-refractivity contribution is 6.37. The molecule has 0 aliphatic heterocycles. The second-order valence-corrected chi connectivity index (χ2v) is 5.16. The van der Waals surface area contributed by atoms with Crippen LogP contribution >= 0.6 is 23.2 Å². The number of aromatic nitrogens is 1. The van der Waals surface area contributed by atoms with E-state index in [0.29, 0.717) is 27.7 Å². The van der Waals surface area contributed by atoms with Crippen LogP contribution in [0, 0.1) is 0 Å². The Hall–Kier alpha value is -0.710. The molecule has 1 rings (SSSR count). The van der Waals surface area contributed by atoms with Crippen molar-refractivity contribution in [1.29, 1.82) is 0 Å². The monoisotopic (exact) mass is 290 g/mol. The van der Waals surface area contributed by atoms with E-state index in [4.69, 9.17) is 28.9 Å². The average Bonchev–Trinajstić information content (AvgIpc) is 2.34. The summed E-state index contributed by atoms with van der Waals surface area (Å²) in [4.78, 5) is 6.40. The minimum atomic E-state index is 0.291. The molecule has 0 aromatic carbocycles. The first-order valence-corrected chi connectivity index (χ1v) is 6.77. The number of anilines is 2. The van der Waals surface area contributed by atoms with Crippen LogP contribution in [0.1, 0.15) is 20.3 Å². The molecular formula is C12H20Cl2N4. The molecular weight excluding hydrogens is 271 g/mol. The number of likely N-dealkylation sites (N-methyl/N-ethyl adjacent to an activating group) is 1. The Morgan fingerprint density at radius 3 is 2.72 bits per heavy atom. The van der Waals surface area contributed by atoms with Gasteiger partial charge in [0.15, 0.2) is 0 Å². The molecule has 3 N–H and O–H groups in total. The molecule has 1 aromatic rings. The second-order valence-electron chi connectivity index (χ2n) is 4.35. The van der Waals surface area contributed by atoms with Gasteiger partial charge in [-0.05, 0) is 26.5 Å². The smallest absolute Gasteiger partial charge is 0.147 e. The molecule has 0 aliphatic rings. The predicted octanol–water partition coefficient (Wildman–Crippen LogP) is 3.11. The van der Waals surface area contributed by atoms with Crippen LogP contribution in [-0.4, -0.2) is 36.1 Å². The van der Waals surface area contributed by atoms with Gasteiger partial charge in [0.1, 0.15) is 11.6 Å². The molecule has 6 heteroatoms. The van der Waals surface area contributed by atoms with Crippen LogP contribution in [0.15, 0.2) is 6.07 Å². The van der Waals surface area contributed by atoms with E-state index in [2.05, 4.69) is 36.1 Å². The van der Waals surface area contributed by atoms with Crippen molar-refractivity contribution in [3.8, 4) is 0 Å². The standard InChI is InChI=1S/C12H20Cl2N4/c1-4-8(2)18(3)6-5-16-12-10(14)7-9(13)11(15)17-12/h7-8H,4-6H2,1-3H3,(H3,15,16,17). The number of hydrogen-bond acceptors (Lipinski definition) is 4. The Morgan fingerprint density at radius 1 is 1.44 bits per heavy atom. The lowest BCUT2D eigenvalue weighted by Gasteiger charge is -2.23. The maximum absolute atomic E-state index is 6.03. The van der Waals surface area contributed by atoms with Crippen molar-refractivity contribution in [2.45, 2.75) is 26.3 Å². The minimum absolute atomic E-state index is 0.291. The Labute approximate surface area is 118 Å². The van der Waals surface area contributed by atoms with E-state index in [-0.39, 0.29) is 0 Å². The molecule has 0 saturated carbocycles. The van der Waals surface area contributed by atoms with Crippen molar-refractivity contribution in [3.05, 3.63) is 16.1 Å². The number of hydrogen-bond donors (Lipinski definition) is 2. The summed E-state index contributed by atoms with van der Waals surface area (Å²) in [5, 5.41) is 4.03. The first kappa shape index (κ1) is 15.3. The lowest BCUT2D eigenvalue weighted by atomic mass is 10.2. The van der Waals surface area contributed by atoms with Gasteiger partial charge >= 0.3 is 0 Å². The van der Waals surface area contributed by atoms with Gasteiger partial charge in [-0.15, -0.1) is 0 Å². The van der Waals surface area contributed by atoms with Crippen LogP contribution in [0.5, 0.6) is 0 Å². The normalized spacial score (nSPS) is 12.8. The van der Waals surface area contributed by atoms with Gasteiger partial charge in [0.25, 0.3) is 0 Å². The Kier molecular flexibility index (Phi) is 5.99. The Morgan fingerprint density at radius 2 is 2.11 bits per heavy atom. The van der Waals surface area contributed by atoms with E-state index in [1.807, 2.05) is 0 Å². The van der Waals surface area contributed by atoms with E-state index in [1.54, 1.807) is 6.07 Å². The molecule has 0 radical (unpaired) electrons. The molecule has 4 nitrogen and oxygen atoms in total. The van der Waals surface area contributed by atoms with Crippen LogP contribution in [0.3, 0.4) is 0 Å². The summed E-state index contributed by atoms with van der Waals surface area (Å²) in [7, 11) is 2.10. The summed E-state index contributed by atoms with van der Waals surface area (Å²) in [6.07, 6.45) is 1.13. The van der Waals surface area contributed by atoms with Crippen LogP contribution in [-0.2, 0) is 0 Å². The third-order valence-electron chi connectivity index (χ3n) is 3.06. The van der Waals surface area contributed by atoms with Gasteiger partial charge in [0.05, 0.1) is 10.0 Å². The van der Waals surface area contributed by atoms with E-state index in [1.165, 1.54) is 0 Å². The lowest BCUT2D eigenvalue weighted by Crippen LogP contribution is -2.32. The largest absolute Gasteiger partial charge is 0.382 e. The summed E-state index contributed by atoms with van der Waals surface area (Å²) >= 11 is 11.9. The fourth-order valence-electron chi connectivity index (χ4n) is 1.49. The van der Waals surface area contributed by atoms with Crippen LogP contribution in [0.4, 0.5) is 11.6 Å². The molecule has 1 unspecified atom stereocenters. The zero-order valence-corrected chi connectivity index (χ0v) is 12.5. The summed E-state index contributed by atoms with van der Waals surface area (Å²) in [6.45, 7) is 6.04. The molecule has 0 aliphatic carbocycles. The average molecular weight is 291 g/mol. The number of pyridine rings is 1. The lowest BCUT2D eigenvalue weighted by molar-refractivity contribution is 0.261. The van der Waals surface area contributed by atoms with E-state index in [0.717, 1.165) is 19.5 Å². The maximum atomic E-state index is 6.03. The van der Waals surface area contributed by atoms with Crippen molar-refractivity contribution >= 4 is 34.8 Å². The molecule has 1 heterocycles. The molecule has 1 aromatic heterocycles. The topological polar surface area (TPSA) is 54.2 Å². The summed E-state index contributed by atoms with van der Waals surface area (Å²) < 4.78 is 0. The van der Waals surface area contributed by atoms with Gasteiger partial charge in [-0.3, -0.25) is 0 Å². The molecule has 1 atom stereocenters. The highest BCUT2D eigenvalue weighted by Crippen LogP contribution is 2.27. The highest BCUT2D eigenvalue weighted by atomic mass is 35.5. The fourth-order valence-corrected chi connectivity index (χ4v) is 1.91. The van der Waals surface area contributed by atoms with Gasteiger partial charge < -0.3 is 16.0 Å². The second kappa shape index (κ2) is 7.02. The van der Waals surface area contributed by atoms with Crippen molar-refractivity contribution in [3.63, 3.8) is 0 Å². The highest BCUT2D eigenvalue weighted by Gasteiger charge is 2.08. The van der Waals surface area contributed by atoms with Gasteiger partial charge in [0, 0.05) is 19.1 Å². The first-order chi connectivity index (χ1) is 8.45. The molecule has 0 spiro atoms. The van der Waals surface area contributed by atoms with Crippen molar-refractivity contribution in [1.82, 2.24) is 9.88 Å². The third kappa shape index (κ3) is 4.19. The quantitative estimate of drug-likeness (QED) is 0.845. The summed E-state index contributed by atoms with van der Waals surface area (Å²) in [5.41, 5.74) is 5.64. The SMILES string of the molecule is CCC(C)N(C)CCNc1nc(N)c(Cl)cc1Cl. The Balaban J connectivity index is 2.52. The molecule has 0 saturated heterocycles. The molecule has 0 bridgehead atoms. The van der Waals surface area contributed by atoms with Gasteiger partial charge in [0.2, 0.25) is 0 Å². The van der Waals surface area contributed by atoms with Crippen molar-refractivity contribution in [2.75, 3.05) is 31.2 Å². The maximum Gasteiger partial charge on any atom is 0.147 e. The predicted molar refractivity (Wildman–Crippen MR) is 79.5 cm³/mol. The number of rotatable bonds is 6. The van der Waals surface area contributed by atoms with Gasteiger partial charge in [-0.25, -0.2) is 4.98 Å². The Bertz CT molecular complexity index is 398. The van der Waals surface area contributed by atoms with Crippen LogP contribution in [0.2, 0.25) is 10.0 Å². The minimum Gasteiger partial charge on any atom is -0.382 e. The van der Waals surface area contributed by atoms with E-state index >= 15 is 0 Å². The van der Waals surface area contributed by atoms with Crippen molar-refractivity contribution < 1.29 is 0 Å². The number of nitrogens with zero attached hydrogens (tertiary/aromatic N) is 2. The fraction of sp³-hybridized carbons (Fsp3) is 0.583. The number of nitrogens with two attached hydrogens (primary N) is 1. The van der Waals surface area contributed by atoms with E-state index in [9.17, 15) is 0 Å². The summed E-state index contributed by atoms with van der Waals surface area (Å²) in [6, 6.07) is 2.16. The van der Waals surface area contributed by atoms with Crippen LogP contribution < -0.4 is 11.1 Å². The number of nitrogens with one attached hydrogen (secondary N) is 1. The van der Waals surface area contributed by atoms with Crippen LogP contribution in [0.25, 0.3) is 0 Å². The zero-order valence-electron chi connectivity index (χ0n) is 11.0. The first-order valence-electron chi connectivity index (χ1n) is 6.01. The molecule has 18 heavy (non-hydrogen) atoms. The summed E-state index contributed by atoms with van der Waals surface area (Å²) in [5.74, 6) is 0.870. The van der Waals surface area contributed by atoms with E-state index < -0.39 is 0 Å². The molecule has 0 amide bonds. The van der Waals surface area contributed by atoms with Gasteiger partial charge in [-0.1, -0.05) is 30.1 Å². The molecule has 102 valence electrons.